The van der Waals surface area contributed by atoms with Gasteiger partial charge in [-0.3, -0.25) is 0 Å². The first-order valence-electron chi connectivity index (χ1n) is 3.98. The summed E-state index contributed by atoms with van der Waals surface area (Å²) in [6.07, 6.45) is 1.55. The Hall–Kier alpha value is -1.46. The molecule has 0 saturated heterocycles. The minimum Gasteiger partial charge on any atom is -0.216 e. The molecule has 1 aromatic carbocycles. The van der Waals surface area contributed by atoms with Crippen LogP contribution in [0.5, 0.6) is 0 Å². The number of aliphatic imine (C=N–C) groups is 1. The molecule has 0 fully saturated rings. The van der Waals surface area contributed by atoms with Gasteiger partial charge >= 0.3 is 0 Å². The molecule has 0 unspecified atom stereocenters. The monoisotopic (exact) mass is 241 g/mol. The second kappa shape index (κ2) is 4.37. The van der Waals surface area contributed by atoms with Crippen LogP contribution in [0.3, 0.4) is 0 Å². The van der Waals surface area contributed by atoms with Crippen LogP contribution in [-0.2, 0) is 0 Å². The summed E-state index contributed by atoms with van der Waals surface area (Å²) < 4.78 is 0. The third-order valence-corrected chi connectivity index (χ3v) is 2.18. The van der Waals surface area contributed by atoms with Crippen LogP contribution in [0.25, 0.3) is 0 Å². The summed E-state index contributed by atoms with van der Waals surface area (Å²) in [5.41, 5.74) is 0.742. The van der Waals surface area contributed by atoms with Crippen LogP contribution in [0.2, 0.25) is 10.0 Å². The van der Waals surface area contributed by atoms with Crippen molar-refractivity contribution in [1.82, 2.24) is 20.6 Å². The summed E-state index contributed by atoms with van der Waals surface area (Å²) in [6.45, 7) is 0. The number of aromatic amines is 1. The van der Waals surface area contributed by atoms with Gasteiger partial charge in [0.2, 0.25) is 0 Å². The Balaban J connectivity index is 2.24. The van der Waals surface area contributed by atoms with E-state index in [-0.39, 0.29) is 5.95 Å². The molecule has 0 spiro atoms. The van der Waals surface area contributed by atoms with E-state index >= 15 is 0 Å². The molecule has 0 atom stereocenters. The standard InChI is InChI=1S/C8H5Cl2N5/c9-6-2-1-5(7(10)3-6)4-11-8-12-14-15-13-8/h1-4H,(H,12,13,14,15). The van der Waals surface area contributed by atoms with E-state index in [4.69, 9.17) is 23.2 Å². The van der Waals surface area contributed by atoms with Crippen LogP contribution >= 0.6 is 23.2 Å². The number of nitrogens with one attached hydrogen (secondary N) is 1. The maximum absolute atomic E-state index is 5.93. The molecule has 0 aliphatic carbocycles. The van der Waals surface area contributed by atoms with Gasteiger partial charge in [-0.2, -0.15) is 5.21 Å². The molecule has 0 aliphatic heterocycles. The molecule has 1 heterocycles. The first kappa shape index (κ1) is 10.1. The van der Waals surface area contributed by atoms with Crippen molar-refractivity contribution in [3.63, 3.8) is 0 Å². The van der Waals surface area contributed by atoms with Crippen LogP contribution in [0.4, 0.5) is 5.95 Å². The Labute approximate surface area is 95.1 Å². The highest BCUT2D eigenvalue weighted by Crippen LogP contribution is 2.19. The second-order valence-electron chi connectivity index (χ2n) is 2.64. The molecular formula is C8H5Cl2N5. The summed E-state index contributed by atoms with van der Waals surface area (Å²) >= 11 is 11.7. The van der Waals surface area contributed by atoms with Crippen LogP contribution in [-0.4, -0.2) is 26.8 Å². The zero-order valence-electron chi connectivity index (χ0n) is 7.35. The molecule has 5 nitrogen and oxygen atoms in total. The first-order chi connectivity index (χ1) is 7.25. The molecule has 1 N–H and O–H groups in total. The summed E-state index contributed by atoms with van der Waals surface area (Å²) in [4.78, 5) is 3.96. The van der Waals surface area contributed by atoms with Crippen molar-refractivity contribution in [2.75, 3.05) is 0 Å². The number of halogens is 2. The van der Waals surface area contributed by atoms with Gasteiger partial charge in [0, 0.05) is 16.8 Å². The molecule has 2 aromatic rings. The summed E-state index contributed by atoms with van der Waals surface area (Å²) in [5.74, 6) is 0.251. The zero-order chi connectivity index (χ0) is 10.7. The highest BCUT2D eigenvalue weighted by molar-refractivity contribution is 6.36. The smallest absolute Gasteiger partial charge is 0.216 e. The Kier molecular flexibility index (Phi) is 2.94. The van der Waals surface area contributed by atoms with E-state index in [9.17, 15) is 0 Å². The quantitative estimate of drug-likeness (QED) is 0.821. The minimum absolute atomic E-state index is 0.251. The predicted octanol–water partition coefficient (Wildman–Crippen LogP) is 2.26. The van der Waals surface area contributed by atoms with Gasteiger partial charge in [-0.1, -0.05) is 34.4 Å². The lowest BCUT2D eigenvalue weighted by Crippen LogP contribution is -1.82. The van der Waals surface area contributed by atoms with E-state index in [1.165, 1.54) is 0 Å². The molecule has 0 amide bonds. The summed E-state index contributed by atoms with van der Waals surface area (Å²) in [5, 5.41) is 14.1. The van der Waals surface area contributed by atoms with Crippen molar-refractivity contribution < 1.29 is 0 Å². The average molecular weight is 242 g/mol. The van der Waals surface area contributed by atoms with E-state index in [2.05, 4.69) is 25.6 Å². The number of tetrazole rings is 1. The number of nitrogens with zero attached hydrogens (tertiary/aromatic N) is 4. The lowest BCUT2D eigenvalue weighted by atomic mass is 10.2. The van der Waals surface area contributed by atoms with E-state index in [1.54, 1.807) is 24.4 Å². The van der Waals surface area contributed by atoms with Crippen LogP contribution < -0.4 is 0 Å². The molecule has 0 saturated carbocycles. The Bertz CT molecular complexity index is 480. The van der Waals surface area contributed by atoms with E-state index < -0.39 is 0 Å². The fourth-order valence-electron chi connectivity index (χ4n) is 0.945. The largest absolute Gasteiger partial charge is 0.288 e. The van der Waals surface area contributed by atoms with Crippen molar-refractivity contribution >= 4 is 35.4 Å². The van der Waals surface area contributed by atoms with Gasteiger partial charge in [0.25, 0.3) is 5.95 Å². The minimum atomic E-state index is 0.251. The van der Waals surface area contributed by atoms with Crippen molar-refractivity contribution in [1.29, 1.82) is 0 Å². The number of hydrogen-bond acceptors (Lipinski definition) is 4. The maximum atomic E-state index is 5.93. The average Bonchev–Trinajstić information content (AvgIpc) is 2.69. The lowest BCUT2D eigenvalue weighted by molar-refractivity contribution is 0.881. The highest BCUT2D eigenvalue weighted by atomic mass is 35.5. The van der Waals surface area contributed by atoms with E-state index in [1.807, 2.05) is 0 Å². The Morgan fingerprint density at radius 3 is 2.87 bits per heavy atom. The van der Waals surface area contributed by atoms with Crippen molar-refractivity contribution in [3.8, 4) is 0 Å². The maximum Gasteiger partial charge on any atom is 0.288 e. The second-order valence-corrected chi connectivity index (χ2v) is 3.48. The van der Waals surface area contributed by atoms with Gasteiger partial charge in [-0.15, -0.1) is 5.10 Å². The van der Waals surface area contributed by atoms with Gasteiger partial charge in [0.05, 0.1) is 5.02 Å². The zero-order valence-corrected chi connectivity index (χ0v) is 8.87. The molecule has 2 rings (SSSR count). The number of hydrogen-bond donors (Lipinski definition) is 1. The third-order valence-electron chi connectivity index (χ3n) is 1.62. The normalized spacial score (nSPS) is 11.1. The molecule has 1 aromatic heterocycles. The summed E-state index contributed by atoms with van der Waals surface area (Å²) in [7, 11) is 0. The van der Waals surface area contributed by atoms with Gasteiger partial charge < -0.3 is 0 Å². The molecule has 0 aliphatic rings. The summed E-state index contributed by atoms with van der Waals surface area (Å²) in [6, 6.07) is 5.12. The first-order valence-corrected chi connectivity index (χ1v) is 4.74. The Morgan fingerprint density at radius 2 is 2.20 bits per heavy atom. The fraction of sp³-hybridized carbons (Fsp3) is 0. The van der Waals surface area contributed by atoms with E-state index in [0.717, 1.165) is 5.56 Å². The number of aromatic nitrogens is 4. The molecule has 15 heavy (non-hydrogen) atoms. The van der Waals surface area contributed by atoms with Gasteiger partial charge in [-0.25, -0.2) is 4.99 Å². The van der Waals surface area contributed by atoms with Gasteiger partial charge in [0.15, 0.2) is 0 Å². The number of benzene rings is 1. The third kappa shape index (κ3) is 2.51. The topological polar surface area (TPSA) is 66.8 Å². The predicted molar refractivity (Wildman–Crippen MR) is 57.9 cm³/mol. The fourth-order valence-corrected chi connectivity index (χ4v) is 1.40. The van der Waals surface area contributed by atoms with Crippen LogP contribution in [0.15, 0.2) is 23.2 Å². The van der Waals surface area contributed by atoms with Crippen molar-refractivity contribution in [2.24, 2.45) is 4.99 Å². The van der Waals surface area contributed by atoms with E-state index in [0.29, 0.717) is 10.0 Å². The number of H-pyrrole nitrogens is 1. The van der Waals surface area contributed by atoms with Crippen LogP contribution in [0, 0.1) is 0 Å². The highest BCUT2D eigenvalue weighted by Gasteiger charge is 1.98. The molecule has 76 valence electrons. The number of rotatable bonds is 2. The molecule has 0 radical (unpaired) electrons. The van der Waals surface area contributed by atoms with Gasteiger partial charge in [-0.05, 0) is 17.3 Å². The van der Waals surface area contributed by atoms with Gasteiger partial charge in [0.1, 0.15) is 0 Å². The molecule has 0 bridgehead atoms. The van der Waals surface area contributed by atoms with Crippen molar-refractivity contribution in [2.45, 2.75) is 0 Å². The molecular weight excluding hydrogens is 237 g/mol. The lowest BCUT2D eigenvalue weighted by Gasteiger charge is -1.96. The van der Waals surface area contributed by atoms with Crippen LogP contribution in [0.1, 0.15) is 5.56 Å². The van der Waals surface area contributed by atoms with Crippen molar-refractivity contribution in [3.05, 3.63) is 33.8 Å². The Morgan fingerprint density at radius 1 is 1.33 bits per heavy atom. The SMILES string of the molecule is Clc1ccc(C=Nc2nn[nH]n2)c(Cl)c1. The molecule has 7 heteroatoms.